The molecular weight excluding hydrogens is 512 g/mol. The molecule has 1 saturated heterocycles. The van der Waals surface area contributed by atoms with Crippen LogP contribution in [0.25, 0.3) is 10.9 Å². The van der Waals surface area contributed by atoms with Gasteiger partial charge in [0.25, 0.3) is 0 Å². The van der Waals surface area contributed by atoms with E-state index in [1.807, 2.05) is 70.3 Å². The monoisotopic (exact) mass is 552 g/mol. The number of carbonyl (C=O) groups is 2. The average molecular weight is 553 g/mol. The number of fused-ring (bicyclic) bond motifs is 1. The predicted molar refractivity (Wildman–Crippen MR) is 163 cm³/mol. The highest BCUT2D eigenvalue weighted by Crippen LogP contribution is 2.32. The Morgan fingerprint density at radius 1 is 1.05 bits per heavy atom. The minimum absolute atomic E-state index is 0.0583. The van der Waals surface area contributed by atoms with E-state index in [1.165, 1.54) is 0 Å². The van der Waals surface area contributed by atoms with Crippen molar-refractivity contribution in [1.29, 1.82) is 0 Å². The van der Waals surface area contributed by atoms with Crippen LogP contribution in [-0.4, -0.2) is 40.5 Å². The Kier molecular flexibility index (Phi) is 8.43. The highest BCUT2D eigenvalue weighted by molar-refractivity contribution is 5.87. The van der Waals surface area contributed by atoms with E-state index in [4.69, 9.17) is 9.72 Å². The number of aromatic amines is 1. The molecule has 214 valence electrons. The molecule has 1 aliphatic heterocycles. The van der Waals surface area contributed by atoms with Crippen LogP contribution < -0.4 is 10.2 Å². The summed E-state index contributed by atoms with van der Waals surface area (Å²) in [6.45, 7) is 9.59. The summed E-state index contributed by atoms with van der Waals surface area (Å²) >= 11 is 0. The van der Waals surface area contributed by atoms with Crippen molar-refractivity contribution >= 4 is 28.6 Å². The maximum atomic E-state index is 13.6. The van der Waals surface area contributed by atoms with E-state index in [2.05, 4.69) is 39.5 Å². The number of ether oxygens (including phenoxy) is 1. The number of esters is 1. The number of rotatable bonds is 9. The molecule has 1 amide bonds. The van der Waals surface area contributed by atoms with Crippen LogP contribution in [0.5, 0.6) is 0 Å². The van der Waals surface area contributed by atoms with Gasteiger partial charge in [0, 0.05) is 47.9 Å². The van der Waals surface area contributed by atoms with Crippen LogP contribution in [0.4, 0.5) is 5.82 Å². The van der Waals surface area contributed by atoms with Gasteiger partial charge in [-0.25, -0.2) is 4.98 Å². The third-order valence-corrected chi connectivity index (χ3v) is 7.41. The summed E-state index contributed by atoms with van der Waals surface area (Å²) in [4.78, 5) is 36.4. The zero-order chi connectivity index (χ0) is 29.0. The summed E-state index contributed by atoms with van der Waals surface area (Å²) in [5.74, 6) is 0.685. The Hall–Kier alpha value is -4.13. The number of carbonyl (C=O) groups excluding carboxylic acids is 2. The van der Waals surface area contributed by atoms with Gasteiger partial charge < -0.3 is 19.9 Å². The van der Waals surface area contributed by atoms with E-state index in [9.17, 15) is 9.59 Å². The smallest absolute Gasteiger partial charge is 0.306 e. The Labute approximate surface area is 242 Å². The molecule has 1 fully saturated rings. The molecule has 0 bridgehead atoms. The van der Waals surface area contributed by atoms with Crippen LogP contribution in [0.1, 0.15) is 74.0 Å². The van der Waals surface area contributed by atoms with Crippen molar-refractivity contribution in [2.75, 3.05) is 18.0 Å². The van der Waals surface area contributed by atoms with Crippen molar-refractivity contribution in [1.82, 2.24) is 15.3 Å². The first-order chi connectivity index (χ1) is 19.7. The van der Waals surface area contributed by atoms with Gasteiger partial charge in [-0.3, -0.25) is 9.59 Å². The quantitative estimate of drug-likeness (QED) is 0.242. The number of nitrogens with zero attached hydrogens (tertiary/aromatic N) is 2. The molecule has 2 aromatic heterocycles. The Morgan fingerprint density at radius 2 is 1.80 bits per heavy atom. The molecule has 0 radical (unpaired) electrons. The second-order valence-electron chi connectivity index (χ2n) is 11.9. The number of nitrogens with one attached hydrogen (secondary N) is 2. The van der Waals surface area contributed by atoms with Crippen molar-refractivity contribution in [2.45, 2.75) is 71.4 Å². The fourth-order valence-corrected chi connectivity index (χ4v) is 5.52. The third-order valence-electron chi connectivity index (χ3n) is 7.41. The van der Waals surface area contributed by atoms with Gasteiger partial charge in [-0.05, 0) is 81.8 Å². The zero-order valence-electron chi connectivity index (χ0n) is 24.5. The number of hydrogen-bond donors (Lipinski definition) is 2. The van der Waals surface area contributed by atoms with E-state index >= 15 is 0 Å². The van der Waals surface area contributed by atoms with E-state index in [0.717, 1.165) is 70.6 Å². The van der Waals surface area contributed by atoms with Gasteiger partial charge >= 0.3 is 5.97 Å². The second-order valence-corrected chi connectivity index (χ2v) is 11.9. The van der Waals surface area contributed by atoms with Crippen LogP contribution >= 0.6 is 0 Å². The Bertz CT molecular complexity index is 1510. The molecule has 1 aliphatic rings. The summed E-state index contributed by atoms with van der Waals surface area (Å²) in [7, 11) is 0. The summed E-state index contributed by atoms with van der Waals surface area (Å²) in [5, 5.41) is 4.35. The lowest BCUT2D eigenvalue weighted by Gasteiger charge is -2.26. The normalized spacial score (nSPS) is 14.3. The molecular formula is C34H40N4O3. The van der Waals surface area contributed by atoms with Gasteiger partial charge in [0.15, 0.2) is 0 Å². The first kappa shape index (κ1) is 28.4. The number of aromatic nitrogens is 2. The largest absolute Gasteiger partial charge is 0.460 e. The number of hydrogen-bond acceptors (Lipinski definition) is 5. The van der Waals surface area contributed by atoms with Crippen molar-refractivity contribution in [2.24, 2.45) is 0 Å². The minimum Gasteiger partial charge on any atom is -0.460 e. The number of aryl methyl sites for hydroxylation is 2. The van der Waals surface area contributed by atoms with Crippen LogP contribution in [0.3, 0.4) is 0 Å². The van der Waals surface area contributed by atoms with E-state index < -0.39 is 5.60 Å². The molecule has 41 heavy (non-hydrogen) atoms. The molecule has 1 atom stereocenters. The SMILES string of the molecule is Cc1ccc(C(NC(=O)Cc2ccc3[nH]cc(CCC(=O)OC(C)(C)C)c3c2)c2ccccc2)c(N2CCCC2)n1. The maximum absolute atomic E-state index is 13.6. The van der Waals surface area contributed by atoms with Gasteiger partial charge in [-0.1, -0.05) is 42.5 Å². The number of benzene rings is 2. The summed E-state index contributed by atoms with van der Waals surface area (Å²) in [5.41, 5.74) is 5.45. The molecule has 7 nitrogen and oxygen atoms in total. The van der Waals surface area contributed by atoms with E-state index in [0.29, 0.717) is 12.8 Å². The molecule has 2 N–H and O–H groups in total. The molecule has 2 aromatic carbocycles. The lowest BCUT2D eigenvalue weighted by molar-refractivity contribution is -0.154. The summed E-state index contributed by atoms with van der Waals surface area (Å²) in [6.07, 6.45) is 5.36. The van der Waals surface area contributed by atoms with Crippen molar-refractivity contribution < 1.29 is 14.3 Å². The van der Waals surface area contributed by atoms with Gasteiger partial charge in [0.2, 0.25) is 5.91 Å². The second kappa shape index (κ2) is 12.2. The van der Waals surface area contributed by atoms with E-state index in [-0.39, 0.29) is 24.3 Å². The predicted octanol–water partition coefficient (Wildman–Crippen LogP) is 6.19. The third kappa shape index (κ3) is 7.15. The minimum atomic E-state index is -0.501. The first-order valence-corrected chi connectivity index (χ1v) is 14.5. The highest BCUT2D eigenvalue weighted by Gasteiger charge is 2.25. The standard InChI is InChI=1S/C34H40N4O3/c1-23-12-15-27(33(36-23)38-18-8-9-19-38)32(25-10-6-5-7-11-25)37-30(39)21-24-13-16-29-28(20-24)26(22-35-29)14-17-31(40)41-34(2,3)4/h5-7,10-13,15-16,20,22,32,35H,8-9,14,17-19,21H2,1-4H3,(H,37,39). The lowest BCUT2D eigenvalue weighted by atomic mass is 9.97. The van der Waals surface area contributed by atoms with Crippen LogP contribution in [0.15, 0.2) is 66.9 Å². The van der Waals surface area contributed by atoms with E-state index in [1.54, 1.807) is 0 Å². The fourth-order valence-electron chi connectivity index (χ4n) is 5.52. The zero-order valence-corrected chi connectivity index (χ0v) is 24.5. The topological polar surface area (TPSA) is 87.3 Å². The van der Waals surface area contributed by atoms with Gasteiger partial charge in [-0.15, -0.1) is 0 Å². The first-order valence-electron chi connectivity index (χ1n) is 14.5. The maximum Gasteiger partial charge on any atom is 0.306 e. The highest BCUT2D eigenvalue weighted by atomic mass is 16.6. The Morgan fingerprint density at radius 3 is 2.54 bits per heavy atom. The van der Waals surface area contributed by atoms with Crippen molar-refractivity contribution in [3.05, 3.63) is 94.8 Å². The van der Waals surface area contributed by atoms with Crippen LogP contribution in [0.2, 0.25) is 0 Å². The molecule has 3 heterocycles. The van der Waals surface area contributed by atoms with Crippen molar-refractivity contribution in [3.8, 4) is 0 Å². The number of amides is 1. The number of H-pyrrole nitrogens is 1. The van der Waals surface area contributed by atoms with Gasteiger partial charge in [0.1, 0.15) is 11.4 Å². The Balaban J connectivity index is 1.35. The fraction of sp³-hybridized carbons (Fsp3) is 0.382. The molecule has 1 unspecified atom stereocenters. The molecule has 4 aromatic rings. The lowest BCUT2D eigenvalue weighted by Crippen LogP contribution is -2.32. The summed E-state index contributed by atoms with van der Waals surface area (Å²) < 4.78 is 5.47. The van der Waals surface area contributed by atoms with Crippen LogP contribution in [-0.2, 0) is 27.2 Å². The number of pyridine rings is 1. The van der Waals surface area contributed by atoms with Crippen molar-refractivity contribution in [3.63, 3.8) is 0 Å². The molecule has 0 spiro atoms. The summed E-state index contributed by atoms with van der Waals surface area (Å²) in [6, 6.07) is 20.0. The molecule has 0 aliphatic carbocycles. The average Bonchev–Trinajstić information content (AvgIpc) is 3.61. The van der Waals surface area contributed by atoms with Gasteiger partial charge in [-0.2, -0.15) is 0 Å². The molecule has 0 saturated carbocycles. The molecule has 5 rings (SSSR count). The van der Waals surface area contributed by atoms with Gasteiger partial charge in [0.05, 0.1) is 12.5 Å². The van der Waals surface area contributed by atoms with Crippen LogP contribution in [0, 0.1) is 6.92 Å². The molecule has 7 heteroatoms. The number of anilines is 1.